The fourth-order valence-electron chi connectivity index (χ4n) is 1.88. The lowest BCUT2D eigenvalue weighted by atomic mass is 10.2. The van der Waals surface area contributed by atoms with Crippen molar-refractivity contribution in [3.05, 3.63) is 21.4 Å². The molecule has 2 heterocycles. The molecule has 0 spiro atoms. The molecule has 2 rings (SSSR count). The van der Waals surface area contributed by atoms with Crippen LogP contribution in [-0.4, -0.2) is 36.5 Å². The van der Waals surface area contributed by atoms with Crippen LogP contribution in [0.25, 0.3) is 0 Å². The Morgan fingerprint density at radius 3 is 3.00 bits per heavy atom. The molecule has 1 saturated heterocycles. The average Bonchev–Trinajstić information content (AvgIpc) is 2.68. The van der Waals surface area contributed by atoms with Crippen LogP contribution in [0.2, 0.25) is 0 Å². The van der Waals surface area contributed by atoms with Crippen LogP contribution in [0.1, 0.15) is 20.1 Å². The topological polar surface area (TPSA) is 56.1 Å². The Kier molecular flexibility index (Phi) is 3.46. The SMILES string of the molecule is Cc1cc(C(=O)N2CCNCC2C#N)sc1C. The lowest BCUT2D eigenvalue weighted by molar-refractivity contribution is 0.0692. The van der Waals surface area contributed by atoms with Crippen molar-refractivity contribution in [2.24, 2.45) is 0 Å². The first-order valence-corrected chi connectivity index (χ1v) is 6.43. The van der Waals surface area contributed by atoms with Crippen molar-refractivity contribution < 1.29 is 4.79 Å². The second-order valence-electron chi connectivity index (χ2n) is 4.20. The van der Waals surface area contributed by atoms with Crippen LogP contribution in [0.3, 0.4) is 0 Å². The highest BCUT2D eigenvalue weighted by Crippen LogP contribution is 2.23. The largest absolute Gasteiger partial charge is 0.319 e. The molecule has 0 bridgehead atoms. The fourth-order valence-corrected chi connectivity index (χ4v) is 2.87. The molecule has 90 valence electrons. The maximum atomic E-state index is 12.3. The molecule has 1 aliphatic rings. The summed E-state index contributed by atoms with van der Waals surface area (Å²) in [6.07, 6.45) is 0. The van der Waals surface area contributed by atoms with E-state index in [2.05, 4.69) is 11.4 Å². The van der Waals surface area contributed by atoms with E-state index in [0.717, 1.165) is 21.9 Å². The Hall–Kier alpha value is -1.38. The van der Waals surface area contributed by atoms with Crippen molar-refractivity contribution in [1.82, 2.24) is 10.2 Å². The van der Waals surface area contributed by atoms with Crippen LogP contribution in [0.5, 0.6) is 0 Å². The Morgan fingerprint density at radius 1 is 1.65 bits per heavy atom. The molecule has 1 N–H and O–H groups in total. The summed E-state index contributed by atoms with van der Waals surface area (Å²) in [5.41, 5.74) is 1.14. The smallest absolute Gasteiger partial charge is 0.265 e. The first-order chi connectivity index (χ1) is 8.13. The molecule has 1 unspecified atom stereocenters. The zero-order chi connectivity index (χ0) is 12.4. The lowest BCUT2D eigenvalue weighted by Crippen LogP contribution is -2.52. The Balaban J connectivity index is 2.21. The Bertz CT molecular complexity index is 455. The van der Waals surface area contributed by atoms with E-state index in [-0.39, 0.29) is 11.9 Å². The fraction of sp³-hybridized carbons (Fsp3) is 0.500. The van der Waals surface area contributed by atoms with Crippen molar-refractivity contribution in [1.29, 1.82) is 5.26 Å². The predicted octanol–water partition coefficient (Wildman–Crippen LogP) is 1.30. The summed E-state index contributed by atoms with van der Waals surface area (Å²) in [6.45, 7) is 5.93. The predicted molar refractivity (Wildman–Crippen MR) is 67.1 cm³/mol. The second-order valence-corrected chi connectivity index (χ2v) is 5.45. The van der Waals surface area contributed by atoms with Gasteiger partial charge in [-0.3, -0.25) is 4.79 Å². The van der Waals surface area contributed by atoms with Crippen molar-refractivity contribution in [2.45, 2.75) is 19.9 Å². The van der Waals surface area contributed by atoms with Crippen molar-refractivity contribution in [2.75, 3.05) is 19.6 Å². The minimum Gasteiger partial charge on any atom is -0.319 e. The summed E-state index contributed by atoms with van der Waals surface area (Å²) in [4.78, 5) is 15.9. The van der Waals surface area contributed by atoms with Crippen LogP contribution >= 0.6 is 11.3 Å². The highest BCUT2D eigenvalue weighted by atomic mass is 32.1. The molecule has 17 heavy (non-hydrogen) atoms. The summed E-state index contributed by atoms with van der Waals surface area (Å²) in [5, 5.41) is 12.2. The number of carbonyl (C=O) groups excluding carboxylic acids is 1. The van der Waals surface area contributed by atoms with Gasteiger partial charge in [-0.25, -0.2) is 0 Å². The Morgan fingerprint density at radius 2 is 2.41 bits per heavy atom. The molecule has 1 aromatic heterocycles. The molecule has 1 amide bonds. The molecular weight excluding hydrogens is 234 g/mol. The molecule has 5 heteroatoms. The van der Waals surface area contributed by atoms with Gasteiger partial charge in [0.25, 0.3) is 5.91 Å². The van der Waals surface area contributed by atoms with Crippen LogP contribution in [0.4, 0.5) is 0 Å². The molecule has 0 saturated carbocycles. The molecule has 1 aromatic rings. The van der Waals surface area contributed by atoms with Gasteiger partial charge in [0.05, 0.1) is 10.9 Å². The van der Waals surface area contributed by atoms with Gasteiger partial charge in [0.1, 0.15) is 6.04 Å². The Labute approximate surface area is 105 Å². The number of nitrogens with zero attached hydrogens (tertiary/aromatic N) is 2. The molecule has 4 nitrogen and oxygen atoms in total. The molecule has 0 aliphatic carbocycles. The van der Waals surface area contributed by atoms with Crippen LogP contribution < -0.4 is 5.32 Å². The molecule has 1 aliphatic heterocycles. The normalized spacial score (nSPS) is 20.1. The van der Waals surface area contributed by atoms with E-state index in [1.807, 2.05) is 19.9 Å². The summed E-state index contributed by atoms with van der Waals surface area (Å²) >= 11 is 1.51. The van der Waals surface area contributed by atoms with Crippen LogP contribution in [0.15, 0.2) is 6.07 Å². The average molecular weight is 249 g/mol. The molecule has 0 radical (unpaired) electrons. The molecular formula is C12H15N3OS. The quantitative estimate of drug-likeness (QED) is 0.816. The van der Waals surface area contributed by atoms with Gasteiger partial charge in [0, 0.05) is 24.5 Å². The van der Waals surface area contributed by atoms with E-state index >= 15 is 0 Å². The maximum absolute atomic E-state index is 12.3. The van der Waals surface area contributed by atoms with Gasteiger partial charge in [-0.2, -0.15) is 5.26 Å². The maximum Gasteiger partial charge on any atom is 0.265 e. The standard InChI is InChI=1S/C12H15N3OS/c1-8-5-11(17-9(8)2)12(16)15-4-3-14-7-10(15)6-13/h5,10,14H,3-4,7H2,1-2H3. The number of hydrogen-bond donors (Lipinski definition) is 1. The second kappa shape index (κ2) is 4.86. The van der Waals surface area contributed by atoms with E-state index in [1.54, 1.807) is 4.90 Å². The molecule has 0 aromatic carbocycles. The number of thiophene rings is 1. The highest BCUT2D eigenvalue weighted by Gasteiger charge is 2.28. The van der Waals surface area contributed by atoms with Crippen LogP contribution in [0, 0.1) is 25.2 Å². The summed E-state index contributed by atoms with van der Waals surface area (Å²) in [5.74, 6) is -0.0146. The monoisotopic (exact) mass is 249 g/mol. The van der Waals surface area contributed by atoms with E-state index in [4.69, 9.17) is 5.26 Å². The summed E-state index contributed by atoms with van der Waals surface area (Å²) in [6, 6.07) is 3.74. The highest BCUT2D eigenvalue weighted by molar-refractivity contribution is 7.14. The molecule has 1 atom stereocenters. The van der Waals surface area contributed by atoms with E-state index < -0.39 is 0 Å². The number of nitrogens with one attached hydrogen (secondary N) is 1. The third-order valence-electron chi connectivity index (χ3n) is 3.03. The number of carbonyl (C=O) groups is 1. The number of rotatable bonds is 1. The van der Waals surface area contributed by atoms with Gasteiger partial charge in [0.15, 0.2) is 0 Å². The van der Waals surface area contributed by atoms with Gasteiger partial charge in [-0.1, -0.05) is 0 Å². The zero-order valence-corrected chi connectivity index (χ0v) is 10.8. The van der Waals surface area contributed by atoms with E-state index in [9.17, 15) is 4.79 Å². The summed E-state index contributed by atoms with van der Waals surface area (Å²) < 4.78 is 0. The number of piperazine rings is 1. The summed E-state index contributed by atoms with van der Waals surface area (Å²) in [7, 11) is 0. The third kappa shape index (κ3) is 2.33. The minimum atomic E-state index is -0.348. The lowest BCUT2D eigenvalue weighted by Gasteiger charge is -2.31. The van der Waals surface area contributed by atoms with E-state index in [0.29, 0.717) is 13.1 Å². The third-order valence-corrected chi connectivity index (χ3v) is 4.17. The van der Waals surface area contributed by atoms with Crippen molar-refractivity contribution in [3.8, 4) is 6.07 Å². The van der Waals surface area contributed by atoms with Crippen molar-refractivity contribution >= 4 is 17.2 Å². The number of nitriles is 1. The van der Waals surface area contributed by atoms with Gasteiger partial charge >= 0.3 is 0 Å². The number of aryl methyl sites for hydroxylation is 2. The van der Waals surface area contributed by atoms with Gasteiger partial charge < -0.3 is 10.2 Å². The number of amides is 1. The first-order valence-electron chi connectivity index (χ1n) is 5.62. The van der Waals surface area contributed by atoms with Crippen molar-refractivity contribution in [3.63, 3.8) is 0 Å². The van der Waals surface area contributed by atoms with Crippen LogP contribution in [-0.2, 0) is 0 Å². The van der Waals surface area contributed by atoms with E-state index in [1.165, 1.54) is 11.3 Å². The minimum absolute atomic E-state index is 0.0146. The molecule has 1 fully saturated rings. The zero-order valence-electron chi connectivity index (χ0n) is 9.99. The van der Waals surface area contributed by atoms with Gasteiger partial charge in [-0.15, -0.1) is 11.3 Å². The number of hydrogen-bond acceptors (Lipinski definition) is 4. The van der Waals surface area contributed by atoms with Gasteiger partial charge in [0.2, 0.25) is 0 Å². The first kappa shape index (κ1) is 12.1. The van der Waals surface area contributed by atoms with Gasteiger partial charge in [-0.05, 0) is 25.5 Å².